The van der Waals surface area contributed by atoms with Crippen LogP contribution in [0.25, 0.3) is 28.0 Å². The minimum Gasteiger partial charge on any atom is -0.492 e. The zero-order valence-electron chi connectivity index (χ0n) is 21.2. The van der Waals surface area contributed by atoms with Gasteiger partial charge in [0, 0.05) is 32.1 Å². The summed E-state index contributed by atoms with van der Waals surface area (Å²) in [7, 11) is 0. The molecular weight excluding hydrogens is 521 g/mol. The molecule has 2 bridgehead atoms. The third-order valence-corrected chi connectivity index (χ3v) is 7.55. The molecule has 0 aliphatic carbocycles. The summed E-state index contributed by atoms with van der Waals surface area (Å²) in [6.45, 7) is 7.14. The fourth-order valence-corrected chi connectivity index (χ4v) is 5.63. The summed E-state index contributed by atoms with van der Waals surface area (Å²) in [6, 6.07) is 13.6. The quantitative estimate of drug-likeness (QED) is 0.347. The third kappa shape index (κ3) is 4.23. The molecule has 0 saturated carbocycles. The van der Waals surface area contributed by atoms with E-state index in [4.69, 9.17) is 21.3 Å². The summed E-state index contributed by atoms with van der Waals surface area (Å²) in [5.74, 6) is 0.0673. The van der Waals surface area contributed by atoms with Crippen molar-refractivity contribution in [3.63, 3.8) is 0 Å². The first-order chi connectivity index (χ1) is 18.9. The first-order valence-electron chi connectivity index (χ1n) is 12.7. The van der Waals surface area contributed by atoms with Crippen molar-refractivity contribution in [3.05, 3.63) is 88.1 Å². The lowest BCUT2D eigenvalue weighted by Crippen LogP contribution is -2.54. The number of hydrogen-bond acceptors (Lipinski definition) is 6. The molecule has 0 radical (unpaired) electrons. The minimum absolute atomic E-state index is 0.137. The van der Waals surface area contributed by atoms with E-state index >= 15 is 4.39 Å². The number of para-hydroxylation sites is 1. The zero-order chi connectivity index (χ0) is 27.3. The molecule has 2 aromatic carbocycles. The number of carbonyl (C=O) groups excluding carboxylic acids is 1. The maximum absolute atomic E-state index is 15.2. The lowest BCUT2D eigenvalue weighted by atomic mass is 10.1. The van der Waals surface area contributed by atoms with E-state index in [2.05, 4.69) is 11.6 Å². The summed E-state index contributed by atoms with van der Waals surface area (Å²) in [5.41, 5.74) is 1.59. The van der Waals surface area contributed by atoms with Crippen LogP contribution in [-0.4, -0.2) is 57.6 Å². The second-order valence-electron chi connectivity index (χ2n) is 9.61. The molecule has 0 spiro atoms. The Balaban J connectivity index is 1.63. The summed E-state index contributed by atoms with van der Waals surface area (Å²) in [6.07, 6.45) is 1.77. The van der Waals surface area contributed by atoms with E-state index in [9.17, 15) is 9.59 Å². The van der Waals surface area contributed by atoms with E-state index < -0.39 is 11.5 Å². The summed E-state index contributed by atoms with van der Waals surface area (Å²) >= 11 is 6.78. The molecule has 2 aliphatic rings. The summed E-state index contributed by atoms with van der Waals surface area (Å²) in [4.78, 5) is 39.0. The van der Waals surface area contributed by atoms with Crippen LogP contribution in [-0.2, 0) is 11.2 Å². The van der Waals surface area contributed by atoms with Crippen molar-refractivity contribution in [2.24, 2.45) is 0 Å². The Morgan fingerprint density at radius 3 is 2.79 bits per heavy atom. The topological polar surface area (TPSA) is 80.6 Å². The molecule has 4 aromatic rings. The average Bonchev–Trinajstić information content (AvgIpc) is 2.95. The van der Waals surface area contributed by atoms with Gasteiger partial charge in [0.15, 0.2) is 5.65 Å². The number of aromatic nitrogens is 3. The number of halogens is 2. The van der Waals surface area contributed by atoms with Crippen LogP contribution in [0.5, 0.6) is 5.75 Å². The zero-order valence-corrected chi connectivity index (χ0v) is 22.0. The van der Waals surface area contributed by atoms with Gasteiger partial charge in [0.05, 0.1) is 34.0 Å². The standard InChI is InChI=1S/C29H25ClFN5O3/c1-3-24(37)34-12-13-35(17(2)16-34)27-19-15-20(30)26-25-21(31)8-6-10-23(25)39-14-11-18-7-4-5-9-22(18)36(28(19)32-26)29(38)33-27/h3-10,15,17H,1,11-14,16H2,2H3/t17-/m0/s1. The average molecular weight is 546 g/mol. The van der Waals surface area contributed by atoms with E-state index in [1.165, 1.54) is 16.7 Å². The highest BCUT2D eigenvalue weighted by Crippen LogP contribution is 2.39. The molecule has 39 heavy (non-hydrogen) atoms. The molecule has 2 aromatic heterocycles. The first kappa shape index (κ1) is 25.1. The molecule has 8 nitrogen and oxygen atoms in total. The molecular formula is C29H25ClFN5O3. The van der Waals surface area contributed by atoms with E-state index in [1.54, 1.807) is 23.1 Å². The predicted molar refractivity (Wildman–Crippen MR) is 148 cm³/mol. The van der Waals surface area contributed by atoms with Gasteiger partial charge in [-0.05, 0) is 42.8 Å². The molecule has 4 heterocycles. The van der Waals surface area contributed by atoms with Crippen molar-refractivity contribution in [1.29, 1.82) is 0 Å². The SMILES string of the molecule is C=CC(=O)N1CCN(c2nc(=O)n3c4nc(c(Cl)cc24)-c2c(F)cccc2OCCc2ccccc2-3)[C@@H](C)C1. The van der Waals surface area contributed by atoms with Gasteiger partial charge >= 0.3 is 5.69 Å². The molecule has 1 saturated heterocycles. The van der Waals surface area contributed by atoms with Crippen LogP contribution < -0.4 is 15.3 Å². The maximum Gasteiger partial charge on any atom is 0.355 e. The van der Waals surface area contributed by atoms with Crippen molar-refractivity contribution < 1.29 is 13.9 Å². The largest absolute Gasteiger partial charge is 0.492 e. The highest BCUT2D eigenvalue weighted by Gasteiger charge is 2.30. The maximum atomic E-state index is 15.2. The molecule has 0 N–H and O–H groups in total. The molecule has 10 heteroatoms. The monoisotopic (exact) mass is 545 g/mol. The van der Waals surface area contributed by atoms with Crippen molar-refractivity contribution in [1.82, 2.24) is 19.4 Å². The number of piperazine rings is 1. The highest BCUT2D eigenvalue weighted by molar-refractivity contribution is 6.34. The Morgan fingerprint density at radius 1 is 1.18 bits per heavy atom. The number of ether oxygens (including phenoxy) is 1. The van der Waals surface area contributed by atoms with Crippen LogP contribution in [0.15, 0.2) is 66.0 Å². The second kappa shape index (κ2) is 9.81. The van der Waals surface area contributed by atoms with Gasteiger partial charge in [-0.15, -0.1) is 0 Å². The molecule has 2 aliphatic heterocycles. The van der Waals surface area contributed by atoms with Gasteiger partial charge < -0.3 is 14.5 Å². The molecule has 6 rings (SSSR count). The minimum atomic E-state index is -0.530. The third-order valence-electron chi connectivity index (χ3n) is 7.26. The molecule has 1 atom stereocenters. The molecule has 1 fully saturated rings. The number of amides is 1. The van der Waals surface area contributed by atoms with Gasteiger partial charge in [-0.1, -0.05) is 42.4 Å². The van der Waals surface area contributed by atoms with Gasteiger partial charge in [-0.2, -0.15) is 4.98 Å². The van der Waals surface area contributed by atoms with Crippen molar-refractivity contribution in [2.45, 2.75) is 19.4 Å². The lowest BCUT2D eigenvalue weighted by Gasteiger charge is -2.40. The van der Waals surface area contributed by atoms with Gasteiger partial charge in [-0.3, -0.25) is 4.79 Å². The number of benzene rings is 2. The number of carbonyl (C=O) groups is 1. The predicted octanol–water partition coefficient (Wildman–Crippen LogP) is 4.40. The molecule has 198 valence electrons. The van der Waals surface area contributed by atoms with E-state index in [-0.39, 0.29) is 34.8 Å². The Labute approximate surface area is 228 Å². The van der Waals surface area contributed by atoms with Crippen LogP contribution in [0.4, 0.5) is 10.2 Å². The normalized spacial score (nSPS) is 16.7. The fourth-order valence-electron chi connectivity index (χ4n) is 5.38. The van der Waals surface area contributed by atoms with Crippen molar-refractivity contribution in [3.8, 4) is 22.7 Å². The van der Waals surface area contributed by atoms with E-state index in [1.807, 2.05) is 36.1 Å². The molecule has 0 unspecified atom stereocenters. The number of pyridine rings is 1. The van der Waals surface area contributed by atoms with Crippen LogP contribution in [0, 0.1) is 5.82 Å². The van der Waals surface area contributed by atoms with Gasteiger partial charge in [0.1, 0.15) is 17.4 Å². The highest BCUT2D eigenvalue weighted by atomic mass is 35.5. The second-order valence-corrected chi connectivity index (χ2v) is 10.0. The lowest BCUT2D eigenvalue weighted by molar-refractivity contribution is -0.126. The van der Waals surface area contributed by atoms with E-state index in [0.717, 1.165) is 5.56 Å². The fraction of sp³-hybridized carbons (Fsp3) is 0.241. The Morgan fingerprint density at radius 2 is 2.00 bits per heavy atom. The van der Waals surface area contributed by atoms with Gasteiger partial charge in [0.25, 0.3) is 0 Å². The van der Waals surface area contributed by atoms with Crippen LogP contribution in [0.3, 0.4) is 0 Å². The smallest absolute Gasteiger partial charge is 0.355 e. The van der Waals surface area contributed by atoms with E-state index in [0.29, 0.717) is 54.3 Å². The summed E-state index contributed by atoms with van der Waals surface area (Å²) in [5, 5.41) is 0.748. The van der Waals surface area contributed by atoms with Gasteiger partial charge in [0.2, 0.25) is 5.91 Å². The van der Waals surface area contributed by atoms with Crippen LogP contribution in [0.2, 0.25) is 5.02 Å². The number of nitrogens with zero attached hydrogens (tertiary/aromatic N) is 5. The Kier molecular flexibility index (Phi) is 6.31. The summed E-state index contributed by atoms with van der Waals surface area (Å²) < 4.78 is 22.7. The van der Waals surface area contributed by atoms with Gasteiger partial charge in [-0.25, -0.2) is 18.7 Å². The molecule has 1 amide bonds. The van der Waals surface area contributed by atoms with Crippen molar-refractivity contribution >= 4 is 34.4 Å². The van der Waals surface area contributed by atoms with Crippen molar-refractivity contribution in [2.75, 3.05) is 31.1 Å². The Hall–Kier alpha value is -4.24. The van der Waals surface area contributed by atoms with Crippen LogP contribution >= 0.6 is 11.6 Å². The number of fused-ring (bicyclic) bond motifs is 5. The first-order valence-corrected chi connectivity index (χ1v) is 13.1. The Bertz CT molecular complexity index is 1700. The number of anilines is 1. The van der Waals surface area contributed by atoms with Crippen LogP contribution in [0.1, 0.15) is 12.5 Å². The number of rotatable bonds is 2. The number of hydrogen-bond donors (Lipinski definition) is 0.